The summed E-state index contributed by atoms with van der Waals surface area (Å²) < 4.78 is 4.66. The maximum atomic E-state index is 6.49. The third kappa shape index (κ3) is 1.86. The van der Waals surface area contributed by atoms with Crippen LogP contribution in [0.2, 0.25) is 39.3 Å². The van der Waals surface area contributed by atoms with Gasteiger partial charge in [0.05, 0.1) is 0 Å². The molecular weight excluding hydrogens is 354 g/mol. The van der Waals surface area contributed by atoms with E-state index in [0.29, 0.717) is 0 Å². The van der Waals surface area contributed by atoms with Gasteiger partial charge in [0.2, 0.25) is 0 Å². The lowest BCUT2D eigenvalue weighted by Gasteiger charge is -2.60. The van der Waals surface area contributed by atoms with Gasteiger partial charge >= 0.3 is 6.45 Å². The van der Waals surface area contributed by atoms with E-state index in [2.05, 4.69) is 39.3 Å². The average Bonchev–Trinajstić information content (AvgIpc) is 1.98. The van der Waals surface area contributed by atoms with E-state index in [0.717, 1.165) is 0 Å². The van der Waals surface area contributed by atoms with Crippen molar-refractivity contribution in [1.29, 1.82) is 0 Å². The summed E-state index contributed by atoms with van der Waals surface area (Å²) in [5.74, 6) is 0. The number of hydrogen-bond acceptors (Lipinski definition) is 1. The van der Waals surface area contributed by atoms with E-state index >= 15 is 0 Å². The van der Waals surface area contributed by atoms with Crippen molar-refractivity contribution in [3.63, 3.8) is 0 Å². The topological polar surface area (TPSA) is 9.23 Å². The van der Waals surface area contributed by atoms with Gasteiger partial charge < -0.3 is 4.43 Å². The first-order valence-electron chi connectivity index (χ1n) is 5.16. The molecule has 1 nitrogen and oxygen atoms in total. The Hall–Kier alpha value is 1.99. The van der Waals surface area contributed by atoms with Gasteiger partial charge in [-0.15, -0.1) is 22.2 Å². The molecule has 9 heteroatoms. The second-order valence-electron chi connectivity index (χ2n) is 6.01. The summed E-state index contributed by atoms with van der Waals surface area (Å²) >= 11 is 25.8. The number of rotatable bonds is 0. The zero-order chi connectivity index (χ0) is 13.2. The molecule has 0 atom stereocenters. The van der Waals surface area contributed by atoms with Crippen LogP contribution in [0.5, 0.6) is 0 Å². The lowest BCUT2D eigenvalue weighted by Crippen LogP contribution is -2.87. The van der Waals surface area contributed by atoms with E-state index in [-0.39, 0.29) is 0 Å². The van der Waals surface area contributed by atoms with Crippen LogP contribution in [0.25, 0.3) is 0 Å². The molecule has 1 aliphatic heterocycles. The Balaban J connectivity index is 3.43. The zero-order valence-corrected chi connectivity index (χ0v) is 17.4. The van der Waals surface area contributed by atoms with E-state index in [1.165, 1.54) is 0 Å². The summed E-state index contributed by atoms with van der Waals surface area (Å²) in [5, 5.41) is 0. The van der Waals surface area contributed by atoms with Gasteiger partial charge in [-0.3, -0.25) is 0 Å². The van der Waals surface area contributed by atoms with Crippen molar-refractivity contribution in [2.45, 2.75) is 43.4 Å². The fourth-order valence-corrected chi connectivity index (χ4v) is 79.2. The molecule has 0 radical (unpaired) electrons. The summed E-state index contributed by atoms with van der Waals surface area (Å²) in [4.78, 5) is 0. The summed E-state index contributed by atoms with van der Waals surface area (Å²) in [7, 11) is -5.32. The van der Waals surface area contributed by atoms with Crippen molar-refractivity contribution < 1.29 is 4.43 Å². The van der Waals surface area contributed by atoms with Crippen LogP contribution in [0.1, 0.15) is 0 Å². The fourth-order valence-electron chi connectivity index (χ4n) is 1.93. The van der Waals surface area contributed by atoms with E-state index in [1.807, 2.05) is 0 Å². The molecule has 1 rings (SSSR count). The summed E-state index contributed by atoms with van der Waals surface area (Å²) in [6, 6.07) is 0. The SMILES string of the molecule is C[Si]1(C)C(Cl)(Cl)O[Si](Cl)(Cl)[Si](C)(C)[Si]1(C)C. The molecule has 16 heavy (non-hydrogen) atoms. The normalized spacial score (nSPS) is 33.4. The maximum absolute atomic E-state index is 6.49. The van der Waals surface area contributed by atoms with Gasteiger partial charge in [-0.05, 0) is 0 Å². The smallest absolute Gasteiger partial charge is 0.365 e. The van der Waals surface area contributed by atoms with E-state index in [9.17, 15) is 0 Å². The Morgan fingerprint density at radius 1 is 0.812 bits per heavy atom. The number of hydrogen-bond donors (Lipinski definition) is 0. The highest BCUT2D eigenvalue weighted by molar-refractivity contribution is 7.95. The Bertz CT molecular complexity index is 288. The third-order valence-electron chi connectivity index (χ3n) is 4.84. The molecule has 0 aromatic carbocycles. The molecular formula is C7H18Cl4OSi4. The van der Waals surface area contributed by atoms with Gasteiger partial charge in [0.25, 0.3) is 0 Å². The summed E-state index contributed by atoms with van der Waals surface area (Å²) in [6.45, 7) is 10.9. The molecule has 0 aromatic rings. The third-order valence-corrected chi connectivity index (χ3v) is 77.7. The van der Waals surface area contributed by atoms with Gasteiger partial charge in [-0.2, -0.15) is 0 Å². The molecule has 1 fully saturated rings. The summed E-state index contributed by atoms with van der Waals surface area (Å²) in [6.07, 6.45) is 0. The van der Waals surface area contributed by atoms with Crippen molar-refractivity contribution in [2.24, 2.45) is 0 Å². The minimum Gasteiger partial charge on any atom is -0.366 e. The monoisotopic (exact) mass is 370 g/mol. The van der Waals surface area contributed by atoms with Crippen LogP contribution in [0, 0.1) is 0 Å². The highest BCUT2D eigenvalue weighted by Gasteiger charge is 2.75. The Kier molecular flexibility index (Phi) is 4.00. The predicted molar refractivity (Wildman–Crippen MR) is 85.4 cm³/mol. The second kappa shape index (κ2) is 3.99. The Morgan fingerprint density at radius 3 is 1.56 bits per heavy atom. The lowest BCUT2D eigenvalue weighted by molar-refractivity contribution is 0.325. The minimum atomic E-state index is -2.76. The largest absolute Gasteiger partial charge is 0.366 e. The molecule has 0 aromatic heterocycles. The fraction of sp³-hybridized carbons (Fsp3) is 1.00. The van der Waals surface area contributed by atoms with Crippen LogP contribution < -0.4 is 0 Å². The van der Waals surface area contributed by atoms with Gasteiger partial charge in [0.1, 0.15) is 14.7 Å². The standard InChI is InChI=1S/C7H18Cl4OSi4/c1-13(2)7(8,9)12-16(10,11)15(5,6)14(13,3)4/h1-6H3. The zero-order valence-electron chi connectivity index (χ0n) is 10.4. The van der Waals surface area contributed by atoms with Crippen LogP contribution in [0.4, 0.5) is 0 Å². The van der Waals surface area contributed by atoms with Gasteiger partial charge in [0, 0.05) is 7.11 Å². The molecule has 1 saturated heterocycles. The van der Waals surface area contributed by atoms with Crippen LogP contribution in [0.3, 0.4) is 0 Å². The quantitative estimate of drug-likeness (QED) is 0.347. The molecule has 0 aliphatic carbocycles. The molecule has 1 aliphatic rings. The molecule has 0 spiro atoms. The van der Waals surface area contributed by atoms with Gasteiger partial charge in [-0.1, -0.05) is 62.5 Å². The van der Waals surface area contributed by atoms with E-state index < -0.39 is 32.4 Å². The van der Waals surface area contributed by atoms with Crippen molar-refractivity contribution in [3.8, 4) is 0 Å². The summed E-state index contributed by atoms with van der Waals surface area (Å²) in [5.41, 5.74) is 0. The maximum Gasteiger partial charge on any atom is 0.365 e. The minimum absolute atomic E-state index is 1.12. The molecule has 0 N–H and O–H groups in total. The van der Waals surface area contributed by atoms with Gasteiger partial charge in [-0.25, -0.2) is 0 Å². The molecule has 0 amide bonds. The molecule has 0 bridgehead atoms. The Morgan fingerprint density at radius 2 is 1.19 bits per heavy atom. The average molecular weight is 372 g/mol. The lowest BCUT2D eigenvalue weighted by atomic mass is 11.6. The van der Waals surface area contributed by atoms with E-state index in [1.54, 1.807) is 0 Å². The van der Waals surface area contributed by atoms with Gasteiger partial charge in [0.15, 0.2) is 4.14 Å². The van der Waals surface area contributed by atoms with Crippen LogP contribution in [-0.4, -0.2) is 32.4 Å². The van der Waals surface area contributed by atoms with Crippen molar-refractivity contribution >= 4 is 73.6 Å². The number of halogens is 4. The first-order chi connectivity index (χ1) is 6.71. The molecule has 0 saturated carbocycles. The highest BCUT2D eigenvalue weighted by atomic mass is 35.7. The van der Waals surface area contributed by atoms with Crippen molar-refractivity contribution in [2.75, 3.05) is 0 Å². The van der Waals surface area contributed by atoms with Crippen molar-refractivity contribution in [1.82, 2.24) is 0 Å². The van der Waals surface area contributed by atoms with E-state index in [4.69, 9.17) is 49.8 Å². The van der Waals surface area contributed by atoms with Crippen LogP contribution in [0.15, 0.2) is 0 Å². The van der Waals surface area contributed by atoms with Crippen LogP contribution in [-0.2, 0) is 4.43 Å². The highest BCUT2D eigenvalue weighted by Crippen LogP contribution is 2.53. The predicted octanol–water partition coefficient (Wildman–Crippen LogP) is 4.46. The van der Waals surface area contributed by atoms with Crippen molar-refractivity contribution in [3.05, 3.63) is 0 Å². The van der Waals surface area contributed by atoms with Crippen LogP contribution >= 0.6 is 45.4 Å². The first kappa shape index (κ1) is 16.0. The molecule has 1 heterocycles. The second-order valence-corrected chi connectivity index (χ2v) is 49.1. The first-order valence-corrected chi connectivity index (χ1v) is 21.9. The molecule has 0 unspecified atom stereocenters. The number of alkyl halides is 2. The molecule has 96 valence electrons. The Labute approximate surface area is 121 Å².